The van der Waals surface area contributed by atoms with Gasteiger partial charge in [-0.2, -0.15) is 0 Å². The van der Waals surface area contributed by atoms with Crippen LogP contribution in [-0.2, 0) is 9.59 Å². The number of carboxylic acids is 1. The van der Waals surface area contributed by atoms with E-state index in [0.717, 1.165) is 0 Å². The van der Waals surface area contributed by atoms with Crippen LogP contribution >= 0.6 is 0 Å². The van der Waals surface area contributed by atoms with Crippen molar-refractivity contribution in [1.82, 2.24) is 5.32 Å². The molecule has 1 rings (SSSR count). The molecule has 98 valence electrons. The smallest absolute Gasteiger partial charge is 0.330 e. The normalized spacial score (nSPS) is 13.7. The highest BCUT2D eigenvalue weighted by atomic mass is 16.4. The summed E-state index contributed by atoms with van der Waals surface area (Å²) in [6.07, 6.45) is 0.809. The minimum absolute atomic E-state index is 0.132. The molecule has 0 aliphatic rings. The van der Waals surface area contributed by atoms with Crippen LogP contribution in [0.1, 0.15) is 31.4 Å². The van der Waals surface area contributed by atoms with E-state index in [9.17, 15) is 9.59 Å². The summed E-state index contributed by atoms with van der Waals surface area (Å²) in [5.41, 5.74) is 6.20. The lowest BCUT2D eigenvalue weighted by atomic mass is 10.1. The second kappa shape index (κ2) is 6.76. The number of carbonyl (C=O) groups excluding carboxylic acids is 1. The van der Waals surface area contributed by atoms with Crippen LogP contribution in [0.15, 0.2) is 30.3 Å². The van der Waals surface area contributed by atoms with Gasteiger partial charge in [-0.3, -0.25) is 4.79 Å². The van der Waals surface area contributed by atoms with Crippen molar-refractivity contribution in [3.63, 3.8) is 0 Å². The summed E-state index contributed by atoms with van der Waals surface area (Å²) in [4.78, 5) is 22.8. The van der Waals surface area contributed by atoms with Crippen LogP contribution in [0, 0.1) is 0 Å². The first kappa shape index (κ1) is 14.2. The van der Waals surface area contributed by atoms with Crippen molar-refractivity contribution in [3.05, 3.63) is 35.9 Å². The Balaban J connectivity index is 2.71. The molecule has 4 N–H and O–H groups in total. The molecule has 1 amide bonds. The lowest BCUT2D eigenvalue weighted by Gasteiger charge is -2.16. The highest BCUT2D eigenvalue weighted by Gasteiger charge is 2.22. The molecular formula is C13H18N2O3. The van der Waals surface area contributed by atoms with Gasteiger partial charge in [0.15, 0.2) is 6.04 Å². The Hall–Kier alpha value is -1.88. The lowest BCUT2D eigenvalue weighted by molar-refractivity contribution is -0.142. The van der Waals surface area contributed by atoms with Crippen molar-refractivity contribution in [2.75, 3.05) is 0 Å². The maximum Gasteiger partial charge on any atom is 0.330 e. The lowest BCUT2D eigenvalue weighted by Crippen LogP contribution is -2.37. The number of nitrogens with two attached hydrogens (primary N) is 1. The van der Waals surface area contributed by atoms with Gasteiger partial charge >= 0.3 is 5.97 Å². The molecule has 0 radical (unpaired) electrons. The summed E-state index contributed by atoms with van der Waals surface area (Å²) in [6.45, 7) is 1.88. The topological polar surface area (TPSA) is 92.4 Å². The maximum atomic E-state index is 11.6. The molecule has 1 unspecified atom stereocenters. The quantitative estimate of drug-likeness (QED) is 0.703. The van der Waals surface area contributed by atoms with Crippen molar-refractivity contribution in [3.8, 4) is 0 Å². The predicted molar refractivity (Wildman–Crippen MR) is 67.8 cm³/mol. The Morgan fingerprint density at radius 1 is 1.33 bits per heavy atom. The van der Waals surface area contributed by atoms with Gasteiger partial charge in [0.2, 0.25) is 5.91 Å². The summed E-state index contributed by atoms with van der Waals surface area (Å²) >= 11 is 0. The number of amides is 1. The van der Waals surface area contributed by atoms with Crippen LogP contribution in [0.3, 0.4) is 0 Å². The Kier molecular flexibility index (Phi) is 5.32. The molecule has 18 heavy (non-hydrogen) atoms. The third kappa shape index (κ3) is 4.18. The Bertz CT molecular complexity index is 406. The minimum Gasteiger partial charge on any atom is -0.479 e. The molecule has 0 fully saturated rings. The van der Waals surface area contributed by atoms with E-state index in [2.05, 4.69) is 5.32 Å². The van der Waals surface area contributed by atoms with Crippen molar-refractivity contribution < 1.29 is 14.7 Å². The van der Waals surface area contributed by atoms with E-state index in [4.69, 9.17) is 10.8 Å². The van der Waals surface area contributed by atoms with Gasteiger partial charge in [-0.25, -0.2) is 4.79 Å². The van der Waals surface area contributed by atoms with E-state index in [1.165, 1.54) is 0 Å². The molecule has 1 aromatic rings. The van der Waals surface area contributed by atoms with Crippen LogP contribution in [0.2, 0.25) is 0 Å². The second-order valence-corrected chi connectivity index (χ2v) is 4.12. The van der Waals surface area contributed by atoms with Gasteiger partial charge in [0.05, 0.1) is 0 Å². The molecule has 0 saturated heterocycles. The van der Waals surface area contributed by atoms with E-state index in [1.807, 2.05) is 6.92 Å². The number of carboxylic acid groups (broad SMARTS) is 1. The van der Waals surface area contributed by atoms with Crippen LogP contribution in [0.4, 0.5) is 0 Å². The van der Waals surface area contributed by atoms with E-state index >= 15 is 0 Å². The Labute approximate surface area is 106 Å². The number of hydrogen-bond donors (Lipinski definition) is 3. The Morgan fingerprint density at radius 3 is 2.44 bits per heavy atom. The number of hydrogen-bond acceptors (Lipinski definition) is 3. The Morgan fingerprint density at radius 2 is 1.94 bits per heavy atom. The van der Waals surface area contributed by atoms with Gasteiger partial charge in [0, 0.05) is 12.5 Å². The summed E-state index contributed by atoms with van der Waals surface area (Å²) in [5.74, 6) is -1.43. The molecule has 0 aromatic heterocycles. The number of nitrogens with one attached hydrogen (secondary N) is 1. The zero-order chi connectivity index (χ0) is 13.5. The highest BCUT2D eigenvalue weighted by Crippen LogP contribution is 2.13. The van der Waals surface area contributed by atoms with Gasteiger partial charge in [0.25, 0.3) is 0 Å². The number of rotatable bonds is 6. The monoisotopic (exact) mass is 250 g/mol. The molecule has 0 aliphatic heterocycles. The third-order valence-electron chi connectivity index (χ3n) is 2.66. The standard InChI is InChI=1S/C13H18N2O3/c1-2-10(14)8-11(16)15-12(13(17)18)9-6-4-3-5-7-9/h3-7,10,12H,2,8,14H2,1H3,(H,15,16)(H,17,18)/t10?,12-/m0/s1. The molecule has 1 aromatic carbocycles. The van der Waals surface area contributed by atoms with E-state index in [0.29, 0.717) is 12.0 Å². The fourth-order valence-corrected chi connectivity index (χ4v) is 1.54. The van der Waals surface area contributed by atoms with Crippen LogP contribution in [-0.4, -0.2) is 23.0 Å². The highest BCUT2D eigenvalue weighted by molar-refractivity contribution is 5.84. The molecule has 0 bridgehead atoms. The first-order chi connectivity index (χ1) is 8.54. The number of carbonyl (C=O) groups is 2. The van der Waals surface area contributed by atoms with Crippen molar-refractivity contribution >= 4 is 11.9 Å². The molecule has 0 aliphatic carbocycles. The van der Waals surface area contributed by atoms with Crippen molar-refractivity contribution in [2.24, 2.45) is 5.73 Å². The van der Waals surface area contributed by atoms with E-state index < -0.39 is 12.0 Å². The molecule has 5 heteroatoms. The maximum absolute atomic E-state index is 11.6. The molecule has 0 heterocycles. The van der Waals surface area contributed by atoms with Crippen molar-refractivity contribution in [1.29, 1.82) is 0 Å². The van der Waals surface area contributed by atoms with E-state index in [1.54, 1.807) is 30.3 Å². The van der Waals surface area contributed by atoms with E-state index in [-0.39, 0.29) is 18.4 Å². The SMILES string of the molecule is CCC(N)CC(=O)N[C@H](C(=O)O)c1ccccc1. The molecule has 0 saturated carbocycles. The van der Waals surface area contributed by atoms with Gasteiger partial charge in [-0.1, -0.05) is 37.3 Å². The summed E-state index contributed by atoms with van der Waals surface area (Å²) in [6, 6.07) is 7.32. The molecule has 5 nitrogen and oxygen atoms in total. The van der Waals surface area contributed by atoms with Crippen LogP contribution in [0.25, 0.3) is 0 Å². The average molecular weight is 250 g/mol. The molecular weight excluding hydrogens is 232 g/mol. The zero-order valence-corrected chi connectivity index (χ0v) is 10.3. The first-order valence-corrected chi connectivity index (χ1v) is 5.87. The molecule has 2 atom stereocenters. The fourth-order valence-electron chi connectivity index (χ4n) is 1.54. The number of benzene rings is 1. The fraction of sp³-hybridized carbons (Fsp3) is 0.385. The van der Waals surface area contributed by atoms with Gasteiger partial charge in [-0.15, -0.1) is 0 Å². The average Bonchev–Trinajstić information content (AvgIpc) is 2.36. The summed E-state index contributed by atoms with van der Waals surface area (Å²) in [7, 11) is 0. The van der Waals surface area contributed by atoms with Crippen molar-refractivity contribution in [2.45, 2.75) is 31.8 Å². The number of aliphatic carboxylic acids is 1. The third-order valence-corrected chi connectivity index (χ3v) is 2.66. The van der Waals surface area contributed by atoms with Gasteiger partial charge in [-0.05, 0) is 12.0 Å². The summed E-state index contributed by atoms with van der Waals surface area (Å²) in [5, 5.41) is 11.6. The largest absolute Gasteiger partial charge is 0.479 e. The zero-order valence-electron chi connectivity index (χ0n) is 10.3. The summed E-state index contributed by atoms with van der Waals surface area (Å²) < 4.78 is 0. The first-order valence-electron chi connectivity index (χ1n) is 5.87. The van der Waals surface area contributed by atoms with Gasteiger partial charge < -0.3 is 16.2 Å². The molecule has 0 spiro atoms. The second-order valence-electron chi connectivity index (χ2n) is 4.12. The van der Waals surface area contributed by atoms with Crippen LogP contribution in [0.5, 0.6) is 0 Å². The minimum atomic E-state index is -1.08. The van der Waals surface area contributed by atoms with Crippen LogP contribution < -0.4 is 11.1 Å². The predicted octanol–water partition coefficient (Wildman–Crippen LogP) is 1.06. The van der Waals surface area contributed by atoms with Gasteiger partial charge in [0.1, 0.15) is 0 Å².